The minimum Gasteiger partial charge on any atom is -0.461 e. The highest BCUT2D eigenvalue weighted by atomic mass is 127. The summed E-state index contributed by atoms with van der Waals surface area (Å²) in [5.41, 5.74) is 1.59. The average Bonchev–Trinajstić information content (AvgIpc) is 2.68. The third-order valence-corrected chi connectivity index (χ3v) is 3.47. The molecule has 1 aromatic heterocycles. The summed E-state index contributed by atoms with van der Waals surface area (Å²) in [6, 6.07) is 3.75. The Morgan fingerprint density at radius 3 is 2.72 bits per heavy atom. The summed E-state index contributed by atoms with van der Waals surface area (Å²) >= 11 is 2.17. The molecule has 0 spiro atoms. The van der Waals surface area contributed by atoms with E-state index >= 15 is 0 Å². The van der Waals surface area contributed by atoms with Crippen LogP contribution in [-0.4, -0.2) is 21.7 Å². The van der Waals surface area contributed by atoms with Gasteiger partial charge < -0.3 is 4.74 Å². The fourth-order valence-electron chi connectivity index (χ4n) is 1.63. The minimum atomic E-state index is -0.328. The van der Waals surface area contributed by atoms with Crippen molar-refractivity contribution in [1.29, 1.82) is 0 Å². The van der Waals surface area contributed by atoms with Crippen molar-refractivity contribution in [2.45, 2.75) is 20.5 Å². The first kappa shape index (κ1) is 13.0. The lowest BCUT2D eigenvalue weighted by atomic mass is 10.2. The molecular formula is C12H11IN2O3. The molecule has 0 radical (unpaired) electrons. The maximum absolute atomic E-state index is 11.4. The van der Waals surface area contributed by atoms with Crippen molar-refractivity contribution in [3.8, 4) is 0 Å². The highest BCUT2D eigenvalue weighted by Gasteiger charge is 2.10. The zero-order chi connectivity index (χ0) is 13.3. The van der Waals surface area contributed by atoms with Crippen LogP contribution >= 0.6 is 22.6 Å². The van der Waals surface area contributed by atoms with E-state index in [0.717, 1.165) is 20.0 Å². The first-order valence-corrected chi connectivity index (χ1v) is 6.37. The molecule has 0 aliphatic heterocycles. The van der Waals surface area contributed by atoms with Gasteiger partial charge in [0.2, 0.25) is 5.91 Å². The summed E-state index contributed by atoms with van der Waals surface area (Å²) in [6.07, 6.45) is 1.65. The predicted octanol–water partition coefficient (Wildman–Crippen LogP) is 2.36. The number of halogens is 1. The summed E-state index contributed by atoms with van der Waals surface area (Å²) in [7, 11) is 0. The van der Waals surface area contributed by atoms with Gasteiger partial charge in [-0.3, -0.25) is 9.59 Å². The van der Waals surface area contributed by atoms with Gasteiger partial charge in [0.25, 0.3) is 0 Å². The van der Waals surface area contributed by atoms with Gasteiger partial charge in [0, 0.05) is 28.4 Å². The topological polar surface area (TPSA) is 61.2 Å². The largest absolute Gasteiger partial charge is 0.461 e. The second-order valence-corrected chi connectivity index (χ2v) is 5.02. The molecule has 18 heavy (non-hydrogen) atoms. The van der Waals surface area contributed by atoms with Gasteiger partial charge in [0.1, 0.15) is 6.61 Å². The van der Waals surface area contributed by atoms with Crippen LogP contribution in [0.25, 0.3) is 10.9 Å². The van der Waals surface area contributed by atoms with E-state index < -0.39 is 0 Å². The number of benzene rings is 1. The monoisotopic (exact) mass is 358 g/mol. The Hall–Kier alpha value is -1.44. The van der Waals surface area contributed by atoms with Crippen molar-refractivity contribution in [2.24, 2.45) is 0 Å². The molecule has 1 heterocycles. The minimum absolute atomic E-state index is 0.148. The van der Waals surface area contributed by atoms with Gasteiger partial charge in [-0.1, -0.05) is 0 Å². The molecule has 2 rings (SSSR count). The van der Waals surface area contributed by atoms with Crippen molar-refractivity contribution in [1.82, 2.24) is 9.78 Å². The number of hydrogen-bond acceptors (Lipinski definition) is 4. The van der Waals surface area contributed by atoms with Crippen LogP contribution in [0, 0.1) is 3.57 Å². The van der Waals surface area contributed by atoms with Crippen LogP contribution in [-0.2, 0) is 16.1 Å². The second-order valence-electron chi connectivity index (χ2n) is 3.86. The third-order valence-electron chi connectivity index (χ3n) is 2.47. The number of ether oxygens (including phenoxy) is 1. The van der Waals surface area contributed by atoms with Crippen LogP contribution in [0.2, 0.25) is 0 Å². The molecule has 0 amide bonds. The number of fused-ring (bicyclic) bond motifs is 1. The van der Waals surface area contributed by atoms with Crippen LogP contribution in [0.3, 0.4) is 0 Å². The quantitative estimate of drug-likeness (QED) is 0.611. The lowest BCUT2D eigenvalue weighted by molar-refractivity contribution is -0.142. The molecule has 0 aliphatic rings. The molecule has 0 atom stereocenters. The lowest BCUT2D eigenvalue weighted by Crippen LogP contribution is -2.07. The molecule has 0 unspecified atom stereocenters. The Morgan fingerprint density at radius 1 is 1.39 bits per heavy atom. The zero-order valence-corrected chi connectivity index (χ0v) is 12.1. The van der Waals surface area contributed by atoms with Gasteiger partial charge >= 0.3 is 5.97 Å². The Balaban J connectivity index is 2.47. The number of rotatable bonds is 2. The first-order chi connectivity index (χ1) is 8.49. The van der Waals surface area contributed by atoms with E-state index in [0.29, 0.717) is 0 Å². The summed E-state index contributed by atoms with van der Waals surface area (Å²) in [4.78, 5) is 22.2. The van der Waals surface area contributed by atoms with Crippen LogP contribution in [0.1, 0.15) is 24.2 Å². The SMILES string of the molecule is CC(=O)OCc1cc2c(cnn2C(C)=O)cc1I. The fourth-order valence-corrected chi connectivity index (χ4v) is 2.28. The van der Waals surface area contributed by atoms with Gasteiger partial charge in [-0.25, -0.2) is 4.68 Å². The maximum atomic E-state index is 11.4. The van der Waals surface area contributed by atoms with E-state index in [1.165, 1.54) is 18.5 Å². The molecule has 0 saturated carbocycles. The molecular weight excluding hydrogens is 347 g/mol. The lowest BCUT2D eigenvalue weighted by Gasteiger charge is -2.06. The Bertz CT molecular complexity index is 634. The van der Waals surface area contributed by atoms with Crippen LogP contribution in [0.5, 0.6) is 0 Å². The molecule has 5 nitrogen and oxygen atoms in total. The Morgan fingerprint density at radius 2 is 2.11 bits per heavy atom. The number of aromatic nitrogens is 2. The van der Waals surface area contributed by atoms with E-state index in [4.69, 9.17) is 4.74 Å². The smallest absolute Gasteiger partial charge is 0.302 e. The molecule has 2 aromatic rings. The van der Waals surface area contributed by atoms with Gasteiger partial charge in [-0.05, 0) is 34.7 Å². The summed E-state index contributed by atoms with van der Waals surface area (Å²) in [6.45, 7) is 3.02. The van der Waals surface area contributed by atoms with Crippen molar-refractivity contribution in [3.63, 3.8) is 0 Å². The molecule has 0 fully saturated rings. The maximum Gasteiger partial charge on any atom is 0.302 e. The fraction of sp³-hybridized carbons (Fsp3) is 0.250. The van der Waals surface area contributed by atoms with Crippen LogP contribution < -0.4 is 0 Å². The molecule has 94 valence electrons. The highest BCUT2D eigenvalue weighted by Crippen LogP contribution is 2.22. The Kier molecular flexibility index (Phi) is 3.65. The zero-order valence-electron chi connectivity index (χ0n) is 9.94. The van der Waals surface area contributed by atoms with Crippen molar-refractivity contribution in [2.75, 3.05) is 0 Å². The van der Waals surface area contributed by atoms with E-state index in [9.17, 15) is 9.59 Å². The second kappa shape index (κ2) is 5.05. The molecule has 0 bridgehead atoms. The van der Waals surface area contributed by atoms with E-state index in [-0.39, 0.29) is 18.5 Å². The van der Waals surface area contributed by atoms with Crippen molar-refractivity contribution >= 4 is 45.4 Å². The summed E-state index contributed by atoms with van der Waals surface area (Å²) in [5, 5.41) is 4.92. The molecule has 0 N–H and O–H groups in total. The average molecular weight is 358 g/mol. The summed E-state index contributed by atoms with van der Waals surface area (Å²) < 4.78 is 7.29. The Labute approximate surface area is 117 Å². The van der Waals surface area contributed by atoms with E-state index in [1.807, 2.05) is 12.1 Å². The predicted molar refractivity (Wildman–Crippen MR) is 74.2 cm³/mol. The number of nitrogens with zero attached hydrogens (tertiary/aromatic N) is 2. The standard InChI is InChI=1S/C12H11IN2O3/c1-7(16)15-12-4-10(6-18-8(2)17)11(13)3-9(12)5-14-15/h3-5H,6H2,1-2H3. The van der Waals surface area contributed by atoms with E-state index in [1.54, 1.807) is 6.20 Å². The van der Waals surface area contributed by atoms with Gasteiger partial charge in [-0.2, -0.15) is 5.10 Å². The van der Waals surface area contributed by atoms with E-state index in [2.05, 4.69) is 27.7 Å². The molecule has 6 heteroatoms. The number of esters is 1. The highest BCUT2D eigenvalue weighted by molar-refractivity contribution is 14.1. The van der Waals surface area contributed by atoms with Crippen molar-refractivity contribution < 1.29 is 14.3 Å². The number of carbonyl (C=O) groups is 2. The molecule has 0 saturated heterocycles. The normalized spacial score (nSPS) is 10.6. The van der Waals surface area contributed by atoms with Gasteiger partial charge in [0.15, 0.2) is 0 Å². The van der Waals surface area contributed by atoms with Crippen molar-refractivity contribution in [3.05, 3.63) is 27.5 Å². The van der Waals surface area contributed by atoms with Gasteiger partial charge in [-0.15, -0.1) is 0 Å². The molecule has 0 aliphatic carbocycles. The van der Waals surface area contributed by atoms with Crippen LogP contribution in [0.15, 0.2) is 18.3 Å². The first-order valence-electron chi connectivity index (χ1n) is 5.29. The third kappa shape index (κ3) is 2.53. The van der Waals surface area contributed by atoms with Crippen LogP contribution in [0.4, 0.5) is 0 Å². The van der Waals surface area contributed by atoms with Gasteiger partial charge in [0.05, 0.1) is 11.7 Å². The number of hydrogen-bond donors (Lipinski definition) is 0. The number of carbonyl (C=O) groups excluding carboxylic acids is 2. The summed E-state index contributed by atoms with van der Waals surface area (Å²) in [5.74, 6) is -0.476. The molecule has 1 aromatic carbocycles.